The number of halogens is 3. The Hall–Kier alpha value is 1.16. The molecule has 0 saturated carbocycles. The maximum absolute atomic E-state index is 11.9. The third-order valence-corrected chi connectivity index (χ3v) is 1.23. The van der Waals surface area contributed by atoms with Gasteiger partial charge in [0.2, 0.25) is 0 Å². The van der Waals surface area contributed by atoms with Gasteiger partial charge in [-0.15, -0.1) is 0 Å². The maximum Gasteiger partial charge on any atom is 0.316 e. The molecule has 0 radical (unpaired) electrons. The van der Waals surface area contributed by atoms with Crippen molar-refractivity contribution >= 4 is 92.5 Å². The fourth-order valence-electron chi connectivity index (χ4n) is 0.661. The van der Waals surface area contributed by atoms with E-state index in [0.717, 1.165) is 0 Å². The first-order chi connectivity index (χ1) is 5.78. The first kappa shape index (κ1) is 21.4. The van der Waals surface area contributed by atoms with E-state index in [-0.39, 0.29) is 74.4 Å². The van der Waals surface area contributed by atoms with Gasteiger partial charge in [0.05, 0.1) is 12.8 Å². The van der Waals surface area contributed by atoms with E-state index < -0.39 is 36.6 Å². The number of carbonyl (C=O) groups is 3. The molecule has 0 atom stereocenters. The van der Waals surface area contributed by atoms with E-state index in [0.29, 0.717) is 0 Å². The monoisotopic (exact) mass is 264 g/mol. The van der Waals surface area contributed by atoms with Gasteiger partial charge in [0.15, 0.2) is 5.60 Å². The predicted octanol–water partition coefficient (Wildman–Crippen LogP) is -1.58. The molecule has 0 rings (SSSR count). The number of aliphatic hydroxyl groups is 1. The molecule has 0 amide bonds. The van der Waals surface area contributed by atoms with Crippen LogP contribution in [-0.4, -0.2) is 103 Å². The Balaban J connectivity index is -0.000000720. The van der Waals surface area contributed by atoms with Crippen molar-refractivity contribution in [3.05, 3.63) is 0 Å². The molecule has 0 aliphatic heterocycles. The minimum atomic E-state index is -3.21. The second-order valence-electron chi connectivity index (χ2n) is 2.37. The number of hydrogen-bond acceptors (Lipinski definition) is 4. The zero-order valence-electron chi connectivity index (χ0n) is 6.22. The Kier molecular flexibility index (Phi) is 13.2. The molecular formula is C6H8F3KMgO4. The van der Waals surface area contributed by atoms with Crippen LogP contribution in [0.5, 0.6) is 0 Å². The zero-order valence-corrected chi connectivity index (χ0v) is 6.22. The van der Waals surface area contributed by atoms with E-state index in [9.17, 15) is 27.6 Å². The summed E-state index contributed by atoms with van der Waals surface area (Å²) in [6.07, 6.45) is -3.14. The Labute approximate surface area is 142 Å². The van der Waals surface area contributed by atoms with E-state index in [1.54, 1.807) is 0 Å². The van der Waals surface area contributed by atoms with Crippen molar-refractivity contribution in [1.82, 2.24) is 0 Å². The van der Waals surface area contributed by atoms with E-state index in [1.807, 2.05) is 0 Å². The smallest absolute Gasteiger partial charge is 0.316 e. The van der Waals surface area contributed by atoms with Crippen molar-refractivity contribution in [1.29, 1.82) is 0 Å². The van der Waals surface area contributed by atoms with Gasteiger partial charge >= 0.3 is 92.5 Å². The SMILES string of the molecule is O=C(F)CC(O)(CC(=O)F)C(=O)F.[KH].[MgH2]. The Morgan fingerprint density at radius 1 is 1.00 bits per heavy atom. The summed E-state index contributed by atoms with van der Waals surface area (Å²) < 4.78 is 35.3. The minimum absolute atomic E-state index is 0. The number of hydrogen-bond donors (Lipinski definition) is 1. The Morgan fingerprint density at radius 2 is 1.27 bits per heavy atom. The predicted molar refractivity (Wildman–Crippen MR) is 48.2 cm³/mol. The summed E-state index contributed by atoms with van der Waals surface area (Å²) in [5.74, 6) is 0. The average Bonchev–Trinajstić information content (AvgIpc) is 1.82. The molecule has 1 N–H and O–H groups in total. The van der Waals surface area contributed by atoms with E-state index >= 15 is 0 Å². The molecule has 9 heteroatoms. The van der Waals surface area contributed by atoms with Crippen LogP contribution in [0.4, 0.5) is 13.2 Å². The van der Waals surface area contributed by atoms with Gasteiger partial charge in [-0.05, 0) is 0 Å². The van der Waals surface area contributed by atoms with Crippen molar-refractivity contribution in [2.75, 3.05) is 0 Å². The summed E-state index contributed by atoms with van der Waals surface area (Å²) in [5.41, 5.74) is -3.21. The fourth-order valence-corrected chi connectivity index (χ4v) is 0.661. The molecule has 0 unspecified atom stereocenters. The number of carbonyl (C=O) groups excluding carboxylic acids is 3. The Bertz CT molecular complexity index is 245. The normalized spacial score (nSPS) is 9.60. The first-order valence-electron chi connectivity index (χ1n) is 3.07. The molecule has 15 heavy (non-hydrogen) atoms. The molecule has 0 bridgehead atoms. The molecule has 0 aliphatic rings. The van der Waals surface area contributed by atoms with Gasteiger partial charge in [0.25, 0.3) is 0 Å². The summed E-state index contributed by atoms with van der Waals surface area (Å²) in [6, 6.07) is -6.95. The molecule has 0 aromatic heterocycles. The summed E-state index contributed by atoms with van der Waals surface area (Å²) in [7, 11) is 0. The third kappa shape index (κ3) is 8.92. The van der Waals surface area contributed by atoms with Gasteiger partial charge in [0.1, 0.15) is 0 Å². The largest absolute Gasteiger partial charge is 0.316 e. The van der Waals surface area contributed by atoms with Gasteiger partial charge in [-0.3, -0.25) is 14.4 Å². The minimum Gasteiger partial charge on any atom is 0.316 e. The van der Waals surface area contributed by atoms with Crippen molar-refractivity contribution in [2.45, 2.75) is 18.4 Å². The van der Waals surface area contributed by atoms with Gasteiger partial charge in [-0.2, -0.15) is 13.2 Å². The standard InChI is InChI=1S/C6H5F3O4.K.Mg.3H/c7-3(10)1-6(13,5(9)12)2-4(8)11;;;;;/h13H,1-2H2;;;;;. The summed E-state index contributed by atoms with van der Waals surface area (Å²) in [5, 5.41) is 8.78. The number of rotatable bonds is 5. The fraction of sp³-hybridized carbons (Fsp3) is 0.500. The van der Waals surface area contributed by atoms with Crippen molar-refractivity contribution in [3.8, 4) is 0 Å². The molecule has 0 aromatic rings. The van der Waals surface area contributed by atoms with Gasteiger partial charge in [-0.25, -0.2) is 0 Å². The van der Waals surface area contributed by atoms with Crippen molar-refractivity contribution in [3.63, 3.8) is 0 Å². The van der Waals surface area contributed by atoms with E-state index in [4.69, 9.17) is 5.11 Å². The molecule has 80 valence electrons. The Morgan fingerprint density at radius 3 is 1.40 bits per heavy atom. The molecule has 0 saturated heterocycles. The van der Waals surface area contributed by atoms with Crippen LogP contribution in [-0.2, 0) is 14.4 Å². The second-order valence-corrected chi connectivity index (χ2v) is 2.37. The van der Waals surface area contributed by atoms with Crippen LogP contribution in [0.25, 0.3) is 0 Å². The van der Waals surface area contributed by atoms with Gasteiger partial charge in [-0.1, -0.05) is 0 Å². The van der Waals surface area contributed by atoms with E-state index in [1.165, 1.54) is 0 Å². The summed E-state index contributed by atoms with van der Waals surface area (Å²) in [6.45, 7) is 0. The second kappa shape index (κ2) is 9.22. The topological polar surface area (TPSA) is 71.4 Å². The first-order valence-corrected chi connectivity index (χ1v) is 3.07. The molecule has 0 aromatic carbocycles. The molecule has 0 aliphatic carbocycles. The zero-order chi connectivity index (χ0) is 10.6. The quantitative estimate of drug-likeness (QED) is 0.481. The van der Waals surface area contributed by atoms with Crippen LogP contribution < -0.4 is 0 Å². The maximum atomic E-state index is 11.9. The van der Waals surface area contributed by atoms with Crippen LogP contribution in [0.15, 0.2) is 0 Å². The summed E-state index contributed by atoms with van der Waals surface area (Å²) in [4.78, 5) is 29.5. The van der Waals surface area contributed by atoms with Crippen molar-refractivity contribution in [2.24, 2.45) is 0 Å². The third-order valence-electron chi connectivity index (χ3n) is 1.23. The molecule has 0 fully saturated rings. The van der Waals surface area contributed by atoms with Crippen LogP contribution in [0.3, 0.4) is 0 Å². The van der Waals surface area contributed by atoms with Gasteiger partial charge in [0, 0.05) is 0 Å². The molecule has 4 nitrogen and oxygen atoms in total. The van der Waals surface area contributed by atoms with E-state index in [2.05, 4.69) is 0 Å². The molecular weight excluding hydrogens is 256 g/mol. The summed E-state index contributed by atoms with van der Waals surface area (Å²) >= 11 is 0. The van der Waals surface area contributed by atoms with Crippen LogP contribution in [0.1, 0.15) is 12.8 Å². The average molecular weight is 265 g/mol. The van der Waals surface area contributed by atoms with Crippen molar-refractivity contribution < 1.29 is 32.7 Å². The van der Waals surface area contributed by atoms with Gasteiger partial charge < -0.3 is 5.11 Å². The van der Waals surface area contributed by atoms with Crippen LogP contribution in [0, 0.1) is 0 Å². The molecule has 0 spiro atoms. The van der Waals surface area contributed by atoms with Crippen LogP contribution in [0.2, 0.25) is 0 Å². The molecule has 0 heterocycles. The van der Waals surface area contributed by atoms with Crippen LogP contribution >= 0.6 is 0 Å².